The van der Waals surface area contributed by atoms with Gasteiger partial charge in [-0.05, 0) is 6.07 Å². The molecule has 0 aliphatic carbocycles. The van der Waals surface area contributed by atoms with Gasteiger partial charge in [0.2, 0.25) is 0 Å². The van der Waals surface area contributed by atoms with Crippen LogP contribution in [0.4, 0.5) is 8.78 Å². The zero-order chi connectivity index (χ0) is 12.4. The Kier molecular flexibility index (Phi) is 3.24. The highest BCUT2D eigenvalue weighted by molar-refractivity contribution is 7.86. The first-order chi connectivity index (χ1) is 7.24. The molecule has 0 saturated carbocycles. The Labute approximate surface area is 88.2 Å². The maximum Gasteiger partial charge on any atom is 0.402 e. The number of H-pyrrole nitrogens is 1. The van der Waals surface area contributed by atoms with E-state index in [2.05, 4.69) is 14.9 Å². The number of halogens is 2. The molecule has 0 radical (unpaired) electrons. The molecule has 0 spiro atoms. The molecule has 1 aromatic rings. The molecule has 0 fully saturated rings. The number of alkyl halides is 2. The van der Waals surface area contributed by atoms with Crippen molar-refractivity contribution in [3.8, 4) is 0 Å². The van der Waals surface area contributed by atoms with Crippen molar-refractivity contribution < 1.29 is 31.3 Å². The number of hydrogen-bond acceptors (Lipinski definition) is 5. The Bertz CT molecular complexity index is 469. The number of aromatic nitrogens is 2. The third-order valence-corrected chi connectivity index (χ3v) is 2.34. The van der Waals surface area contributed by atoms with Crippen LogP contribution in [0.1, 0.15) is 10.5 Å². The molecule has 0 bridgehead atoms. The van der Waals surface area contributed by atoms with E-state index >= 15 is 0 Å². The number of nitrogens with one attached hydrogen (secondary N) is 1. The summed E-state index contributed by atoms with van der Waals surface area (Å²) in [6, 6.07) is 1.15. The Morgan fingerprint density at radius 2 is 2.25 bits per heavy atom. The summed E-state index contributed by atoms with van der Waals surface area (Å²) in [5.74, 6) is -1.21. The average Bonchev–Trinajstić information content (AvgIpc) is 2.65. The van der Waals surface area contributed by atoms with Gasteiger partial charge >= 0.3 is 21.3 Å². The van der Waals surface area contributed by atoms with Crippen LogP contribution in [0.15, 0.2) is 12.3 Å². The molecule has 1 heterocycles. The normalized spacial score (nSPS) is 12.4. The minimum atomic E-state index is -5.60. The van der Waals surface area contributed by atoms with Crippen molar-refractivity contribution >= 4 is 16.1 Å². The Hall–Kier alpha value is -1.55. The highest BCUT2D eigenvalue weighted by atomic mass is 32.2. The average molecular weight is 256 g/mol. The summed E-state index contributed by atoms with van der Waals surface area (Å²) in [5, 5.41) is 0.947. The molecule has 0 atom stereocenters. The van der Waals surface area contributed by atoms with Crippen molar-refractivity contribution in [2.75, 3.05) is 6.61 Å². The molecule has 0 amide bonds. The van der Waals surface area contributed by atoms with Gasteiger partial charge in [-0.1, -0.05) is 0 Å². The first kappa shape index (κ1) is 12.5. The minimum absolute atomic E-state index is 0.217. The zero-order valence-electron chi connectivity index (χ0n) is 7.55. The fourth-order valence-corrected chi connectivity index (χ4v) is 0.879. The third kappa shape index (κ3) is 2.73. The van der Waals surface area contributed by atoms with E-state index in [-0.39, 0.29) is 5.69 Å². The fraction of sp³-hybridized carbons (Fsp3) is 0.333. The summed E-state index contributed by atoms with van der Waals surface area (Å²) in [6.45, 7) is -1.77. The standard InChI is InChI=1S/C6H6F2N2O5S/c7-6(8,16(12,13)14)3-15-5(11)4-1-2-9-10-4/h1-2H,3H2,(H,9,10)(H,12,13,14). The Morgan fingerprint density at radius 1 is 1.62 bits per heavy atom. The highest BCUT2D eigenvalue weighted by Crippen LogP contribution is 2.20. The second-order valence-corrected chi connectivity index (χ2v) is 4.21. The lowest BCUT2D eigenvalue weighted by atomic mass is 10.4. The summed E-state index contributed by atoms with van der Waals surface area (Å²) in [4.78, 5) is 11.0. The van der Waals surface area contributed by atoms with E-state index in [4.69, 9.17) is 4.55 Å². The number of rotatable bonds is 4. The quantitative estimate of drug-likeness (QED) is 0.581. The van der Waals surface area contributed by atoms with E-state index in [1.54, 1.807) is 0 Å². The van der Waals surface area contributed by atoms with Crippen molar-refractivity contribution in [2.45, 2.75) is 5.25 Å². The fourth-order valence-electron chi connectivity index (χ4n) is 0.671. The number of carbonyl (C=O) groups is 1. The largest absolute Gasteiger partial charge is 0.453 e. The molecule has 16 heavy (non-hydrogen) atoms. The lowest BCUT2D eigenvalue weighted by Gasteiger charge is -2.12. The lowest BCUT2D eigenvalue weighted by Crippen LogP contribution is -2.34. The van der Waals surface area contributed by atoms with Gasteiger partial charge < -0.3 is 4.74 Å². The summed E-state index contributed by atoms with van der Waals surface area (Å²) >= 11 is 0. The van der Waals surface area contributed by atoms with Crippen LogP contribution in [0.3, 0.4) is 0 Å². The van der Waals surface area contributed by atoms with E-state index in [0.29, 0.717) is 0 Å². The molecule has 2 N–H and O–H groups in total. The van der Waals surface area contributed by atoms with E-state index in [1.807, 2.05) is 0 Å². The number of esters is 1. The molecule has 0 saturated heterocycles. The first-order valence-corrected chi connectivity index (χ1v) is 5.19. The second-order valence-electron chi connectivity index (χ2n) is 2.66. The van der Waals surface area contributed by atoms with Crippen LogP contribution in [-0.4, -0.2) is 41.0 Å². The molecule has 1 rings (SSSR count). The molecule has 7 nitrogen and oxygen atoms in total. The van der Waals surface area contributed by atoms with E-state index in [1.165, 1.54) is 6.20 Å². The SMILES string of the molecule is O=C(OCC(F)(F)S(=O)(=O)O)c1ccn[nH]1. The molecule has 90 valence electrons. The van der Waals surface area contributed by atoms with Crippen molar-refractivity contribution in [1.29, 1.82) is 0 Å². The lowest BCUT2D eigenvalue weighted by molar-refractivity contribution is -0.00988. The number of hydrogen-bond donors (Lipinski definition) is 2. The van der Waals surface area contributed by atoms with Gasteiger partial charge in [0.05, 0.1) is 0 Å². The van der Waals surface area contributed by atoms with Gasteiger partial charge in [0, 0.05) is 6.20 Å². The predicted octanol–water partition coefficient (Wildman–Crippen LogP) is 0.0471. The Morgan fingerprint density at radius 3 is 2.69 bits per heavy atom. The van der Waals surface area contributed by atoms with Crippen LogP contribution in [-0.2, 0) is 14.9 Å². The molecular formula is C6H6F2N2O5S. The van der Waals surface area contributed by atoms with Gasteiger partial charge in [-0.25, -0.2) is 4.79 Å². The first-order valence-electron chi connectivity index (χ1n) is 3.75. The molecule has 0 aliphatic rings. The van der Waals surface area contributed by atoms with E-state index < -0.39 is 27.9 Å². The summed E-state index contributed by atoms with van der Waals surface area (Å²) < 4.78 is 57.6. The molecule has 10 heteroatoms. The maximum absolute atomic E-state index is 12.6. The Balaban J connectivity index is 2.63. The van der Waals surface area contributed by atoms with Gasteiger partial charge in [-0.2, -0.15) is 22.3 Å². The van der Waals surface area contributed by atoms with Crippen LogP contribution < -0.4 is 0 Å². The summed E-state index contributed by atoms with van der Waals surface area (Å²) in [6.07, 6.45) is 1.18. The third-order valence-electron chi connectivity index (χ3n) is 1.47. The summed E-state index contributed by atoms with van der Waals surface area (Å²) in [5.41, 5.74) is -0.217. The van der Waals surface area contributed by atoms with Crippen LogP contribution in [0.5, 0.6) is 0 Å². The number of aromatic amines is 1. The molecular weight excluding hydrogens is 250 g/mol. The van der Waals surface area contributed by atoms with E-state index in [9.17, 15) is 22.0 Å². The highest BCUT2D eigenvalue weighted by Gasteiger charge is 2.45. The molecule has 0 aliphatic heterocycles. The van der Waals surface area contributed by atoms with Crippen LogP contribution in [0.25, 0.3) is 0 Å². The van der Waals surface area contributed by atoms with Crippen molar-refractivity contribution in [3.63, 3.8) is 0 Å². The van der Waals surface area contributed by atoms with Gasteiger partial charge in [0.1, 0.15) is 5.69 Å². The number of ether oxygens (including phenoxy) is 1. The van der Waals surface area contributed by atoms with Gasteiger partial charge in [-0.3, -0.25) is 9.65 Å². The van der Waals surface area contributed by atoms with Gasteiger partial charge in [0.25, 0.3) is 0 Å². The van der Waals surface area contributed by atoms with Crippen molar-refractivity contribution in [3.05, 3.63) is 18.0 Å². The molecule has 0 aromatic carbocycles. The topological polar surface area (TPSA) is 109 Å². The predicted molar refractivity (Wildman–Crippen MR) is 45.4 cm³/mol. The van der Waals surface area contributed by atoms with Crippen LogP contribution >= 0.6 is 0 Å². The monoisotopic (exact) mass is 256 g/mol. The number of carbonyl (C=O) groups excluding carboxylic acids is 1. The van der Waals surface area contributed by atoms with Gasteiger partial charge in [-0.15, -0.1) is 0 Å². The molecule has 1 aromatic heterocycles. The smallest absolute Gasteiger partial charge is 0.402 e. The summed E-state index contributed by atoms with van der Waals surface area (Å²) in [7, 11) is -5.60. The van der Waals surface area contributed by atoms with Crippen LogP contribution in [0.2, 0.25) is 0 Å². The minimum Gasteiger partial charge on any atom is -0.453 e. The zero-order valence-corrected chi connectivity index (χ0v) is 8.37. The van der Waals surface area contributed by atoms with Crippen molar-refractivity contribution in [1.82, 2.24) is 10.2 Å². The molecule has 0 unspecified atom stereocenters. The van der Waals surface area contributed by atoms with Crippen LogP contribution in [0, 0.1) is 0 Å². The van der Waals surface area contributed by atoms with Gasteiger partial charge in [0.15, 0.2) is 6.61 Å². The van der Waals surface area contributed by atoms with Crippen molar-refractivity contribution in [2.24, 2.45) is 0 Å². The second kappa shape index (κ2) is 4.14. The maximum atomic E-state index is 12.6. The number of nitrogens with zero attached hydrogens (tertiary/aromatic N) is 1. The van der Waals surface area contributed by atoms with E-state index in [0.717, 1.165) is 6.07 Å².